The predicted octanol–water partition coefficient (Wildman–Crippen LogP) is 3.42. The zero-order valence-corrected chi connectivity index (χ0v) is 20.9. The van der Waals surface area contributed by atoms with Crippen LogP contribution < -0.4 is 5.32 Å². The standard InChI is InChI=1S/C26H33N7O3/c1-26(2,3)22-15-32(11-12-33(22)25(35)36)10-8-20-14-19(7-9-27-20)23-28-17-29-24(31-23)30-21-6-4-5-18(13-21)16-34/h4-7,9,13-14,17,22,34H,8,10-12,15-16H2,1-3H3,(H,35,36)(H,28,29,30,31). The Hall–Kier alpha value is -3.63. The van der Waals surface area contributed by atoms with Crippen LogP contribution in [0.4, 0.5) is 16.4 Å². The lowest BCUT2D eigenvalue weighted by atomic mass is 9.84. The van der Waals surface area contributed by atoms with Crippen LogP contribution in [0.5, 0.6) is 0 Å². The molecule has 1 aliphatic rings. The molecule has 0 aliphatic carbocycles. The second-order valence-corrected chi connectivity index (χ2v) is 10.1. The molecule has 0 saturated carbocycles. The zero-order valence-electron chi connectivity index (χ0n) is 20.9. The molecule has 1 unspecified atom stereocenters. The second kappa shape index (κ2) is 11.0. The number of carboxylic acid groups (broad SMARTS) is 1. The van der Waals surface area contributed by atoms with Crippen molar-refractivity contribution in [2.45, 2.75) is 39.8 Å². The van der Waals surface area contributed by atoms with E-state index in [-0.39, 0.29) is 18.1 Å². The Bertz CT molecular complexity index is 1200. The van der Waals surface area contributed by atoms with E-state index in [0.717, 1.165) is 35.5 Å². The topological polar surface area (TPSA) is 128 Å². The molecule has 2 aromatic heterocycles. The number of aliphatic hydroxyl groups excluding tert-OH is 1. The van der Waals surface area contributed by atoms with E-state index < -0.39 is 6.09 Å². The van der Waals surface area contributed by atoms with E-state index in [0.29, 0.717) is 31.4 Å². The monoisotopic (exact) mass is 491 g/mol. The number of pyridine rings is 1. The molecule has 10 nitrogen and oxygen atoms in total. The number of hydrogen-bond donors (Lipinski definition) is 3. The number of hydrogen-bond acceptors (Lipinski definition) is 8. The molecule has 3 heterocycles. The van der Waals surface area contributed by atoms with Crippen LogP contribution in [0, 0.1) is 5.41 Å². The maximum absolute atomic E-state index is 11.7. The van der Waals surface area contributed by atoms with Crippen LogP contribution in [0.3, 0.4) is 0 Å². The summed E-state index contributed by atoms with van der Waals surface area (Å²) in [6.45, 7) is 8.93. The van der Waals surface area contributed by atoms with E-state index in [4.69, 9.17) is 0 Å². The van der Waals surface area contributed by atoms with Crippen LogP contribution in [0.25, 0.3) is 11.4 Å². The summed E-state index contributed by atoms with van der Waals surface area (Å²) < 4.78 is 0. The van der Waals surface area contributed by atoms with Crippen molar-refractivity contribution in [2.75, 3.05) is 31.5 Å². The van der Waals surface area contributed by atoms with Gasteiger partial charge in [0.15, 0.2) is 5.82 Å². The molecule has 1 aromatic carbocycles. The van der Waals surface area contributed by atoms with Crippen LogP contribution in [0.15, 0.2) is 48.9 Å². The zero-order chi connectivity index (χ0) is 25.7. The van der Waals surface area contributed by atoms with Gasteiger partial charge in [0.05, 0.1) is 12.6 Å². The van der Waals surface area contributed by atoms with Crippen molar-refractivity contribution in [1.82, 2.24) is 29.7 Å². The third-order valence-electron chi connectivity index (χ3n) is 6.41. The van der Waals surface area contributed by atoms with Gasteiger partial charge in [0.25, 0.3) is 0 Å². The summed E-state index contributed by atoms with van der Waals surface area (Å²) in [4.78, 5) is 33.2. The van der Waals surface area contributed by atoms with E-state index in [1.54, 1.807) is 11.1 Å². The van der Waals surface area contributed by atoms with Crippen LogP contribution in [-0.2, 0) is 13.0 Å². The van der Waals surface area contributed by atoms with Gasteiger partial charge in [0.2, 0.25) is 5.95 Å². The first kappa shape index (κ1) is 25.5. The van der Waals surface area contributed by atoms with Gasteiger partial charge in [-0.15, -0.1) is 0 Å². The molecular formula is C26H33N7O3. The van der Waals surface area contributed by atoms with Crippen LogP contribution in [-0.4, -0.2) is 78.3 Å². The summed E-state index contributed by atoms with van der Waals surface area (Å²) in [6, 6.07) is 11.2. The SMILES string of the molecule is CC(C)(C)C1CN(CCc2cc(-c3ncnc(Nc4cccc(CO)c4)n3)ccn2)CCN1C(=O)O. The minimum atomic E-state index is -0.851. The van der Waals surface area contributed by atoms with Crippen molar-refractivity contribution in [1.29, 1.82) is 0 Å². The van der Waals surface area contributed by atoms with Crippen LogP contribution in [0.1, 0.15) is 32.0 Å². The molecule has 190 valence electrons. The highest BCUT2D eigenvalue weighted by molar-refractivity contribution is 5.65. The molecule has 36 heavy (non-hydrogen) atoms. The van der Waals surface area contributed by atoms with Gasteiger partial charge in [0.1, 0.15) is 6.33 Å². The maximum atomic E-state index is 11.7. The van der Waals surface area contributed by atoms with Crippen molar-refractivity contribution >= 4 is 17.7 Å². The highest BCUT2D eigenvalue weighted by atomic mass is 16.4. The Balaban J connectivity index is 1.42. The Morgan fingerprint density at radius 2 is 1.97 bits per heavy atom. The molecule has 3 N–H and O–H groups in total. The summed E-state index contributed by atoms with van der Waals surface area (Å²) in [5, 5.41) is 22.1. The van der Waals surface area contributed by atoms with Crippen molar-refractivity contribution in [3.63, 3.8) is 0 Å². The first-order valence-electron chi connectivity index (χ1n) is 12.1. The Labute approximate surface area is 211 Å². The number of nitrogens with one attached hydrogen (secondary N) is 1. The highest BCUT2D eigenvalue weighted by Gasteiger charge is 2.37. The Morgan fingerprint density at radius 3 is 2.72 bits per heavy atom. The predicted molar refractivity (Wildman–Crippen MR) is 137 cm³/mol. The summed E-state index contributed by atoms with van der Waals surface area (Å²) in [5.74, 6) is 0.954. The average Bonchev–Trinajstić information content (AvgIpc) is 2.87. The molecule has 1 fully saturated rings. The average molecular weight is 492 g/mol. The van der Waals surface area contributed by atoms with E-state index >= 15 is 0 Å². The summed E-state index contributed by atoms with van der Waals surface area (Å²) in [6.07, 6.45) is 3.11. The quantitative estimate of drug-likeness (QED) is 0.455. The molecule has 0 spiro atoms. The molecule has 1 amide bonds. The van der Waals surface area contributed by atoms with Gasteiger partial charge >= 0.3 is 6.09 Å². The summed E-state index contributed by atoms with van der Waals surface area (Å²) in [7, 11) is 0. The number of amides is 1. The lowest BCUT2D eigenvalue weighted by molar-refractivity contribution is 0.0221. The number of anilines is 2. The van der Waals surface area contributed by atoms with E-state index in [9.17, 15) is 15.0 Å². The van der Waals surface area contributed by atoms with E-state index in [1.165, 1.54) is 6.33 Å². The molecule has 4 rings (SSSR count). The minimum Gasteiger partial charge on any atom is -0.465 e. The Morgan fingerprint density at radius 1 is 1.14 bits per heavy atom. The van der Waals surface area contributed by atoms with Crippen LogP contribution in [0.2, 0.25) is 0 Å². The number of aromatic nitrogens is 4. The molecule has 1 saturated heterocycles. The first-order valence-corrected chi connectivity index (χ1v) is 12.1. The third kappa shape index (κ3) is 6.32. The third-order valence-corrected chi connectivity index (χ3v) is 6.41. The van der Waals surface area contributed by atoms with Gasteiger partial charge in [-0.05, 0) is 35.2 Å². The van der Waals surface area contributed by atoms with Gasteiger partial charge in [-0.1, -0.05) is 32.9 Å². The van der Waals surface area contributed by atoms with Gasteiger partial charge in [0, 0.05) is 55.7 Å². The smallest absolute Gasteiger partial charge is 0.407 e. The molecule has 1 atom stereocenters. The molecule has 1 aliphatic heterocycles. The normalized spacial score (nSPS) is 16.7. The van der Waals surface area contributed by atoms with Gasteiger partial charge in [-0.3, -0.25) is 9.88 Å². The number of aliphatic hydroxyl groups is 1. The molecule has 0 radical (unpaired) electrons. The second-order valence-electron chi connectivity index (χ2n) is 10.1. The maximum Gasteiger partial charge on any atom is 0.407 e. The number of benzene rings is 1. The number of carbonyl (C=O) groups is 1. The van der Waals surface area contributed by atoms with Crippen molar-refractivity contribution in [2.24, 2.45) is 5.41 Å². The summed E-state index contributed by atoms with van der Waals surface area (Å²) in [5.41, 5.74) is 3.21. The lowest BCUT2D eigenvalue weighted by Gasteiger charge is -2.46. The number of nitrogens with zero attached hydrogens (tertiary/aromatic N) is 6. The largest absolute Gasteiger partial charge is 0.465 e. The van der Waals surface area contributed by atoms with E-state index in [2.05, 4.69) is 50.9 Å². The summed E-state index contributed by atoms with van der Waals surface area (Å²) >= 11 is 0. The van der Waals surface area contributed by atoms with Crippen molar-refractivity contribution < 1.29 is 15.0 Å². The molecule has 0 bridgehead atoms. The fraction of sp³-hybridized carbons (Fsp3) is 0.423. The first-order chi connectivity index (χ1) is 17.2. The van der Waals surface area contributed by atoms with Crippen LogP contribution >= 0.6 is 0 Å². The van der Waals surface area contributed by atoms with Crippen molar-refractivity contribution in [3.8, 4) is 11.4 Å². The van der Waals surface area contributed by atoms with E-state index in [1.807, 2.05) is 36.4 Å². The van der Waals surface area contributed by atoms with Crippen molar-refractivity contribution in [3.05, 3.63) is 60.2 Å². The minimum absolute atomic E-state index is 0.0378. The lowest BCUT2D eigenvalue weighted by Crippen LogP contribution is -2.59. The highest BCUT2D eigenvalue weighted by Crippen LogP contribution is 2.28. The molecule has 3 aromatic rings. The Kier molecular flexibility index (Phi) is 7.76. The molecule has 10 heteroatoms. The molecular weight excluding hydrogens is 458 g/mol. The van der Waals surface area contributed by atoms with Gasteiger partial charge < -0.3 is 20.4 Å². The number of piperazine rings is 1. The van der Waals surface area contributed by atoms with Gasteiger partial charge in [-0.25, -0.2) is 14.8 Å². The van der Waals surface area contributed by atoms with Gasteiger partial charge in [-0.2, -0.15) is 4.98 Å². The fourth-order valence-corrected chi connectivity index (χ4v) is 4.41. The number of rotatable bonds is 7. The fourth-order valence-electron chi connectivity index (χ4n) is 4.41.